The summed E-state index contributed by atoms with van der Waals surface area (Å²) in [7, 11) is 0. The standard InChI is InChI=1S/C9H13N3O4S/c1-2-7(9(15)16)12-3-6(10-11-12)5(4-17)8(13)14/h3,5,7,17H,2,4H2,1H3,(H,13,14)(H,15,16). The van der Waals surface area contributed by atoms with Crippen LogP contribution < -0.4 is 0 Å². The van der Waals surface area contributed by atoms with Crippen molar-refractivity contribution in [3.8, 4) is 0 Å². The van der Waals surface area contributed by atoms with Gasteiger partial charge in [0.15, 0.2) is 6.04 Å². The van der Waals surface area contributed by atoms with Gasteiger partial charge in [0.1, 0.15) is 5.92 Å². The number of thiol groups is 1. The lowest BCUT2D eigenvalue weighted by atomic mass is 10.1. The van der Waals surface area contributed by atoms with E-state index in [1.807, 2.05) is 0 Å². The van der Waals surface area contributed by atoms with Crippen LogP contribution in [0, 0.1) is 0 Å². The topological polar surface area (TPSA) is 105 Å². The molecule has 0 aliphatic carbocycles. The molecular weight excluding hydrogens is 246 g/mol. The molecule has 1 heterocycles. The van der Waals surface area contributed by atoms with Crippen LogP contribution >= 0.6 is 12.6 Å². The molecule has 0 aliphatic heterocycles. The highest BCUT2D eigenvalue weighted by Crippen LogP contribution is 2.17. The molecule has 0 amide bonds. The van der Waals surface area contributed by atoms with Crippen molar-refractivity contribution >= 4 is 24.6 Å². The molecule has 1 aromatic rings. The van der Waals surface area contributed by atoms with Crippen LogP contribution in [0.2, 0.25) is 0 Å². The van der Waals surface area contributed by atoms with Crippen LogP contribution in [0.1, 0.15) is 31.0 Å². The number of carbonyl (C=O) groups is 2. The van der Waals surface area contributed by atoms with Crippen LogP contribution in [0.25, 0.3) is 0 Å². The second-order valence-electron chi connectivity index (χ2n) is 3.46. The number of carboxylic acids is 2. The highest BCUT2D eigenvalue weighted by molar-refractivity contribution is 7.80. The summed E-state index contributed by atoms with van der Waals surface area (Å²) in [5, 5.41) is 25.1. The summed E-state index contributed by atoms with van der Waals surface area (Å²) in [6, 6.07) is -0.828. The van der Waals surface area contributed by atoms with Crippen LogP contribution in [-0.4, -0.2) is 42.9 Å². The number of hydrogen-bond donors (Lipinski definition) is 3. The molecule has 0 bridgehead atoms. The number of aromatic nitrogens is 3. The summed E-state index contributed by atoms with van der Waals surface area (Å²) in [5.41, 5.74) is 0.215. The maximum Gasteiger partial charge on any atom is 0.328 e. The molecule has 1 rings (SSSR count). The van der Waals surface area contributed by atoms with Gasteiger partial charge in [0.2, 0.25) is 0 Å². The van der Waals surface area contributed by atoms with Crippen molar-refractivity contribution < 1.29 is 19.8 Å². The molecule has 0 fully saturated rings. The number of hydrogen-bond acceptors (Lipinski definition) is 5. The zero-order valence-corrected chi connectivity index (χ0v) is 10.0. The lowest BCUT2D eigenvalue weighted by Crippen LogP contribution is -2.19. The molecule has 0 aromatic carbocycles. The van der Waals surface area contributed by atoms with E-state index in [1.54, 1.807) is 6.92 Å². The number of nitrogens with zero attached hydrogens (tertiary/aromatic N) is 3. The second kappa shape index (κ2) is 5.67. The third-order valence-corrected chi connectivity index (χ3v) is 2.72. The van der Waals surface area contributed by atoms with Crippen LogP contribution in [-0.2, 0) is 9.59 Å². The molecule has 0 aliphatic rings. The average molecular weight is 259 g/mol. The molecule has 8 heteroatoms. The average Bonchev–Trinajstić information content (AvgIpc) is 2.68. The summed E-state index contributed by atoms with van der Waals surface area (Å²) < 4.78 is 1.16. The van der Waals surface area contributed by atoms with Gasteiger partial charge in [-0.05, 0) is 6.42 Å². The Bertz CT molecular complexity index is 384. The molecule has 7 nitrogen and oxygen atoms in total. The van der Waals surface area contributed by atoms with E-state index >= 15 is 0 Å². The first-order valence-electron chi connectivity index (χ1n) is 4.99. The molecule has 0 saturated carbocycles. The normalized spacial score (nSPS) is 14.2. The molecule has 94 valence electrons. The van der Waals surface area contributed by atoms with Gasteiger partial charge in [-0.15, -0.1) is 5.10 Å². The summed E-state index contributed by atoms with van der Waals surface area (Å²) in [4.78, 5) is 21.8. The van der Waals surface area contributed by atoms with Gasteiger partial charge in [-0.25, -0.2) is 9.48 Å². The third-order valence-electron chi connectivity index (χ3n) is 2.36. The van der Waals surface area contributed by atoms with Gasteiger partial charge in [-0.3, -0.25) is 4.79 Å². The van der Waals surface area contributed by atoms with Crippen LogP contribution in [0.15, 0.2) is 6.20 Å². The number of carboxylic acid groups (broad SMARTS) is 2. The minimum Gasteiger partial charge on any atom is -0.481 e. The predicted octanol–water partition coefficient (Wildman–Crippen LogP) is 0.412. The zero-order valence-electron chi connectivity index (χ0n) is 9.15. The largest absolute Gasteiger partial charge is 0.481 e. The van der Waals surface area contributed by atoms with Crippen molar-refractivity contribution in [2.24, 2.45) is 0 Å². The minimum atomic E-state index is -1.06. The first kappa shape index (κ1) is 13.5. The molecule has 2 N–H and O–H groups in total. The Morgan fingerprint density at radius 1 is 1.47 bits per heavy atom. The predicted molar refractivity (Wildman–Crippen MR) is 61.2 cm³/mol. The van der Waals surface area contributed by atoms with Gasteiger partial charge < -0.3 is 10.2 Å². The van der Waals surface area contributed by atoms with Crippen molar-refractivity contribution in [1.82, 2.24) is 15.0 Å². The van der Waals surface area contributed by atoms with Gasteiger partial charge >= 0.3 is 11.9 Å². The van der Waals surface area contributed by atoms with Gasteiger partial charge in [0.25, 0.3) is 0 Å². The molecule has 17 heavy (non-hydrogen) atoms. The fourth-order valence-corrected chi connectivity index (χ4v) is 1.72. The van der Waals surface area contributed by atoms with Crippen LogP contribution in [0.5, 0.6) is 0 Å². The van der Waals surface area contributed by atoms with E-state index < -0.39 is 23.9 Å². The zero-order chi connectivity index (χ0) is 13.0. The monoisotopic (exact) mass is 259 g/mol. The fourth-order valence-electron chi connectivity index (χ4n) is 1.38. The summed E-state index contributed by atoms with van der Waals surface area (Å²) in [6.45, 7) is 1.70. The number of rotatable bonds is 6. The Morgan fingerprint density at radius 3 is 2.53 bits per heavy atom. The van der Waals surface area contributed by atoms with Crippen LogP contribution in [0.3, 0.4) is 0 Å². The van der Waals surface area contributed by atoms with E-state index in [0.717, 1.165) is 4.68 Å². The Labute approximate surface area is 103 Å². The summed E-state index contributed by atoms with van der Waals surface area (Å²) in [6.07, 6.45) is 1.69. The van der Waals surface area contributed by atoms with Crippen molar-refractivity contribution in [3.63, 3.8) is 0 Å². The Hall–Kier alpha value is -1.57. The van der Waals surface area contributed by atoms with E-state index in [1.165, 1.54) is 6.20 Å². The van der Waals surface area contributed by atoms with E-state index in [0.29, 0.717) is 6.42 Å². The van der Waals surface area contributed by atoms with Gasteiger partial charge in [0.05, 0.1) is 11.9 Å². The van der Waals surface area contributed by atoms with E-state index in [2.05, 4.69) is 22.9 Å². The molecule has 1 aromatic heterocycles. The smallest absolute Gasteiger partial charge is 0.328 e. The molecule has 2 atom stereocenters. The van der Waals surface area contributed by atoms with Crippen molar-refractivity contribution in [2.75, 3.05) is 5.75 Å². The Balaban J connectivity index is 2.97. The van der Waals surface area contributed by atoms with Crippen molar-refractivity contribution in [3.05, 3.63) is 11.9 Å². The lowest BCUT2D eigenvalue weighted by Gasteiger charge is -2.08. The second-order valence-corrected chi connectivity index (χ2v) is 3.82. The number of aliphatic carboxylic acids is 2. The molecule has 0 saturated heterocycles. The first-order chi connectivity index (χ1) is 8.01. The van der Waals surface area contributed by atoms with Gasteiger partial charge in [-0.2, -0.15) is 12.6 Å². The SMILES string of the molecule is CCC(C(=O)O)n1cc(C(CS)C(=O)O)nn1. The van der Waals surface area contributed by atoms with Crippen molar-refractivity contribution in [2.45, 2.75) is 25.3 Å². The maximum absolute atomic E-state index is 10.9. The fraction of sp³-hybridized carbons (Fsp3) is 0.556. The van der Waals surface area contributed by atoms with E-state index in [4.69, 9.17) is 10.2 Å². The minimum absolute atomic E-state index is 0.0812. The molecule has 0 radical (unpaired) electrons. The Morgan fingerprint density at radius 2 is 2.12 bits per heavy atom. The lowest BCUT2D eigenvalue weighted by molar-refractivity contribution is -0.141. The molecular formula is C9H13N3O4S. The van der Waals surface area contributed by atoms with E-state index in [-0.39, 0.29) is 11.4 Å². The summed E-state index contributed by atoms with van der Waals surface area (Å²) >= 11 is 3.92. The van der Waals surface area contributed by atoms with Crippen molar-refractivity contribution in [1.29, 1.82) is 0 Å². The van der Waals surface area contributed by atoms with Gasteiger partial charge in [0, 0.05) is 5.75 Å². The first-order valence-corrected chi connectivity index (χ1v) is 5.62. The van der Waals surface area contributed by atoms with E-state index in [9.17, 15) is 9.59 Å². The molecule has 2 unspecified atom stereocenters. The maximum atomic E-state index is 10.9. The quantitative estimate of drug-likeness (QED) is 0.639. The third kappa shape index (κ3) is 2.96. The van der Waals surface area contributed by atoms with Crippen LogP contribution in [0.4, 0.5) is 0 Å². The molecule has 0 spiro atoms. The summed E-state index contributed by atoms with van der Waals surface area (Å²) in [5.74, 6) is -2.88. The Kier molecular flexibility index (Phi) is 4.50. The highest BCUT2D eigenvalue weighted by Gasteiger charge is 2.24. The highest BCUT2D eigenvalue weighted by atomic mass is 32.1. The van der Waals surface area contributed by atoms with Gasteiger partial charge in [-0.1, -0.05) is 12.1 Å².